The van der Waals surface area contributed by atoms with Gasteiger partial charge in [0.1, 0.15) is 11.6 Å². The molecule has 0 N–H and O–H groups in total. The summed E-state index contributed by atoms with van der Waals surface area (Å²) >= 11 is 0. The number of benzene rings is 3. The lowest BCUT2D eigenvalue weighted by Gasteiger charge is -2.12. The summed E-state index contributed by atoms with van der Waals surface area (Å²) in [6, 6.07) is 26.5. The number of para-hydroxylation sites is 4. The molecule has 234 valence electrons. The van der Waals surface area contributed by atoms with Crippen LogP contribution in [-0.2, 0) is 25.9 Å². The Morgan fingerprint density at radius 1 is 0.432 bits per heavy atom. The standard InChI is InChI=1S/C40H54N4/c1-3-5-7-9-11-13-15-25-39-41-35-21-17-19-23-37(35)43(39)31-33-27-29-34(30-28-33)32-44-38-24-20-18-22-36(38)42-40(44)26-16-14-12-10-8-6-4-2/h17-24,27-30H,3-16,25-26,31-32H2,1-2H3. The number of unbranched alkanes of at least 4 members (excludes halogenated alkanes) is 12. The number of aryl methyl sites for hydroxylation is 2. The van der Waals surface area contributed by atoms with Gasteiger partial charge in [-0.1, -0.05) is 139 Å². The van der Waals surface area contributed by atoms with Gasteiger partial charge in [-0.2, -0.15) is 0 Å². The number of fused-ring (bicyclic) bond motifs is 2. The summed E-state index contributed by atoms with van der Waals surface area (Å²) in [4.78, 5) is 10.1. The second-order valence-corrected chi connectivity index (χ2v) is 12.8. The molecule has 4 nitrogen and oxygen atoms in total. The molecule has 0 spiro atoms. The molecule has 0 saturated carbocycles. The zero-order chi connectivity index (χ0) is 30.4. The molecule has 0 saturated heterocycles. The van der Waals surface area contributed by atoms with Crippen molar-refractivity contribution in [2.45, 2.75) is 130 Å². The Labute approximate surface area is 265 Å². The van der Waals surface area contributed by atoms with Crippen molar-refractivity contribution in [3.63, 3.8) is 0 Å². The summed E-state index contributed by atoms with van der Waals surface area (Å²) in [5.41, 5.74) is 7.38. The quantitative estimate of drug-likeness (QED) is 0.0845. The first-order valence-electron chi connectivity index (χ1n) is 17.7. The third-order valence-electron chi connectivity index (χ3n) is 9.18. The number of nitrogens with zero attached hydrogens (tertiary/aromatic N) is 4. The zero-order valence-electron chi connectivity index (χ0n) is 27.4. The first kappa shape index (κ1) is 32.0. The molecule has 0 bridgehead atoms. The predicted octanol–water partition coefficient (Wildman–Crippen LogP) is 11.1. The van der Waals surface area contributed by atoms with Crippen molar-refractivity contribution in [2.24, 2.45) is 0 Å². The van der Waals surface area contributed by atoms with Gasteiger partial charge in [0.2, 0.25) is 0 Å². The third kappa shape index (κ3) is 8.83. The summed E-state index contributed by atoms with van der Waals surface area (Å²) < 4.78 is 4.90. The molecule has 2 heterocycles. The Kier molecular flexibility index (Phi) is 12.5. The van der Waals surface area contributed by atoms with Crippen LogP contribution in [0.2, 0.25) is 0 Å². The van der Waals surface area contributed by atoms with Crippen LogP contribution in [0.3, 0.4) is 0 Å². The first-order valence-corrected chi connectivity index (χ1v) is 17.7. The SMILES string of the molecule is CCCCCCCCCc1nc2ccccc2n1Cc1ccc(Cn2c(CCCCCCCCC)nc3ccccc32)cc1. The van der Waals surface area contributed by atoms with Gasteiger partial charge in [-0.05, 0) is 48.2 Å². The Hall–Kier alpha value is -3.40. The van der Waals surface area contributed by atoms with E-state index in [1.54, 1.807) is 0 Å². The van der Waals surface area contributed by atoms with E-state index in [1.807, 2.05) is 0 Å². The lowest BCUT2D eigenvalue weighted by atomic mass is 10.1. The van der Waals surface area contributed by atoms with Gasteiger partial charge in [-0.15, -0.1) is 0 Å². The molecule has 2 aromatic heterocycles. The van der Waals surface area contributed by atoms with Crippen LogP contribution < -0.4 is 0 Å². The minimum atomic E-state index is 0.865. The van der Waals surface area contributed by atoms with Crippen LogP contribution in [0.5, 0.6) is 0 Å². The van der Waals surface area contributed by atoms with Crippen LogP contribution in [0.25, 0.3) is 22.1 Å². The summed E-state index contributed by atoms with van der Waals surface area (Å²) in [5.74, 6) is 2.45. The number of hydrogen-bond acceptors (Lipinski definition) is 2. The predicted molar refractivity (Wildman–Crippen MR) is 188 cm³/mol. The average Bonchev–Trinajstić information content (AvgIpc) is 3.58. The molecule has 5 rings (SSSR count). The van der Waals surface area contributed by atoms with E-state index in [4.69, 9.17) is 9.97 Å². The van der Waals surface area contributed by atoms with E-state index in [0.717, 1.165) is 37.0 Å². The molecule has 0 fully saturated rings. The fourth-order valence-corrected chi connectivity index (χ4v) is 6.58. The average molecular weight is 591 g/mol. The molecule has 0 aliphatic heterocycles. The lowest BCUT2D eigenvalue weighted by Crippen LogP contribution is -2.07. The van der Waals surface area contributed by atoms with E-state index in [0.29, 0.717) is 0 Å². The van der Waals surface area contributed by atoms with Crippen molar-refractivity contribution in [3.8, 4) is 0 Å². The highest BCUT2D eigenvalue weighted by atomic mass is 15.1. The molecule has 0 atom stereocenters. The molecule has 0 amide bonds. The van der Waals surface area contributed by atoms with Crippen molar-refractivity contribution in [1.29, 1.82) is 0 Å². The van der Waals surface area contributed by atoms with Gasteiger partial charge in [0.25, 0.3) is 0 Å². The molecule has 0 aliphatic rings. The van der Waals surface area contributed by atoms with E-state index in [9.17, 15) is 0 Å². The van der Waals surface area contributed by atoms with Crippen LogP contribution in [0.4, 0.5) is 0 Å². The van der Waals surface area contributed by atoms with E-state index in [2.05, 4.69) is 95.8 Å². The minimum absolute atomic E-state index is 0.865. The maximum absolute atomic E-state index is 5.06. The van der Waals surface area contributed by atoms with Crippen molar-refractivity contribution < 1.29 is 0 Å². The van der Waals surface area contributed by atoms with E-state index in [-0.39, 0.29) is 0 Å². The van der Waals surface area contributed by atoms with Gasteiger partial charge < -0.3 is 9.13 Å². The van der Waals surface area contributed by atoms with E-state index >= 15 is 0 Å². The smallest absolute Gasteiger partial charge is 0.110 e. The van der Waals surface area contributed by atoms with Crippen molar-refractivity contribution in [3.05, 3.63) is 95.6 Å². The molecule has 0 unspecified atom stereocenters. The molecule has 3 aromatic carbocycles. The van der Waals surface area contributed by atoms with Gasteiger partial charge in [0.05, 0.1) is 22.1 Å². The Bertz CT molecular complexity index is 1420. The number of rotatable bonds is 20. The number of aromatic nitrogens is 4. The van der Waals surface area contributed by atoms with Crippen LogP contribution in [0, 0.1) is 0 Å². The van der Waals surface area contributed by atoms with Gasteiger partial charge >= 0.3 is 0 Å². The van der Waals surface area contributed by atoms with E-state index < -0.39 is 0 Å². The number of hydrogen-bond donors (Lipinski definition) is 0. The largest absolute Gasteiger partial charge is 0.323 e. The van der Waals surface area contributed by atoms with Crippen LogP contribution >= 0.6 is 0 Å². The first-order chi connectivity index (χ1) is 21.8. The Morgan fingerprint density at radius 2 is 0.795 bits per heavy atom. The monoisotopic (exact) mass is 590 g/mol. The van der Waals surface area contributed by atoms with E-state index in [1.165, 1.54) is 124 Å². The second-order valence-electron chi connectivity index (χ2n) is 12.8. The zero-order valence-corrected chi connectivity index (χ0v) is 27.4. The van der Waals surface area contributed by atoms with Gasteiger partial charge in [0, 0.05) is 25.9 Å². The van der Waals surface area contributed by atoms with Gasteiger partial charge in [-0.3, -0.25) is 0 Å². The summed E-state index contributed by atoms with van der Waals surface area (Å²) in [6.45, 7) is 6.30. The van der Waals surface area contributed by atoms with Gasteiger partial charge in [-0.25, -0.2) is 9.97 Å². The molecule has 0 aliphatic carbocycles. The fraction of sp³-hybridized carbons (Fsp3) is 0.500. The van der Waals surface area contributed by atoms with Crippen LogP contribution in [0.15, 0.2) is 72.8 Å². The van der Waals surface area contributed by atoms with Crippen molar-refractivity contribution >= 4 is 22.1 Å². The molecule has 4 heteroatoms. The van der Waals surface area contributed by atoms with Crippen molar-refractivity contribution in [2.75, 3.05) is 0 Å². The minimum Gasteiger partial charge on any atom is -0.323 e. The Morgan fingerprint density at radius 3 is 1.20 bits per heavy atom. The molecule has 5 aromatic rings. The highest BCUT2D eigenvalue weighted by Crippen LogP contribution is 2.23. The molecule has 44 heavy (non-hydrogen) atoms. The maximum Gasteiger partial charge on any atom is 0.110 e. The molecular weight excluding hydrogens is 536 g/mol. The summed E-state index contributed by atoms with van der Waals surface area (Å²) in [5, 5.41) is 0. The normalized spacial score (nSPS) is 11.7. The lowest BCUT2D eigenvalue weighted by molar-refractivity contribution is 0.578. The second kappa shape index (κ2) is 17.2. The topological polar surface area (TPSA) is 35.6 Å². The molecule has 0 radical (unpaired) electrons. The third-order valence-corrected chi connectivity index (χ3v) is 9.18. The summed E-state index contributed by atoms with van der Waals surface area (Å²) in [6.07, 6.45) is 20.7. The number of imidazole rings is 2. The van der Waals surface area contributed by atoms with Crippen LogP contribution in [-0.4, -0.2) is 19.1 Å². The fourth-order valence-electron chi connectivity index (χ4n) is 6.58. The van der Waals surface area contributed by atoms with Gasteiger partial charge in [0.15, 0.2) is 0 Å². The highest BCUT2D eigenvalue weighted by molar-refractivity contribution is 5.76. The molecular formula is C40H54N4. The summed E-state index contributed by atoms with van der Waals surface area (Å²) in [7, 11) is 0. The maximum atomic E-state index is 5.06. The highest BCUT2D eigenvalue weighted by Gasteiger charge is 2.13. The Balaban J connectivity index is 1.23. The van der Waals surface area contributed by atoms with Crippen molar-refractivity contribution in [1.82, 2.24) is 19.1 Å². The van der Waals surface area contributed by atoms with Crippen LogP contribution in [0.1, 0.15) is 127 Å².